The molecule has 6 aromatic rings. The van der Waals surface area contributed by atoms with Crippen LogP contribution in [0.1, 0.15) is 72.9 Å². The van der Waals surface area contributed by atoms with E-state index in [2.05, 4.69) is 51.5 Å². The minimum atomic E-state index is -4.28. The van der Waals surface area contributed by atoms with Gasteiger partial charge in [0.25, 0.3) is 30.4 Å². The van der Waals surface area contributed by atoms with Crippen molar-refractivity contribution in [3.05, 3.63) is 118 Å². The molecule has 91 heavy (non-hydrogen) atoms. The minimum Gasteiger partial charge on any atom is -0.494 e. The van der Waals surface area contributed by atoms with Gasteiger partial charge in [-0.05, 0) is 175 Å². The zero-order valence-corrected chi connectivity index (χ0v) is 54.5. The van der Waals surface area contributed by atoms with Gasteiger partial charge in [-0.1, -0.05) is 0 Å². The lowest BCUT2D eigenvalue weighted by Gasteiger charge is -2.14. The first-order valence-electron chi connectivity index (χ1n) is 28.3. The number of aryl methyl sites for hydroxylation is 6. The maximum absolute atomic E-state index is 13.6. The van der Waals surface area contributed by atoms with E-state index in [1.54, 1.807) is 127 Å². The maximum Gasteiger partial charge on any atom is 0.323 e. The van der Waals surface area contributed by atoms with E-state index in [0.717, 1.165) is 0 Å². The van der Waals surface area contributed by atoms with Crippen LogP contribution in [0.2, 0.25) is 0 Å². The van der Waals surface area contributed by atoms with E-state index in [9.17, 15) is 48.0 Å². The minimum absolute atomic E-state index is 0.00115. The van der Waals surface area contributed by atoms with Gasteiger partial charge in [-0.2, -0.15) is 49.9 Å². The Morgan fingerprint density at radius 3 is 1.05 bits per heavy atom. The first kappa shape index (κ1) is 71.3. The molecule has 0 fully saturated rings. The van der Waals surface area contributed by atoms with E-state index in [4.69, 9.17) is 33.0 Å². The van der Waals surface area contributed by atoms with Gasteiger partial charge in [-0.15, -0.1) is 25.1 Å². The smallest absolute Gasteiger partial charge is 0.323 e. The molecule has 28 nitrogen and oxygen atoms in total. The highest BCUT2D eigenvalue weighted by Crippen LogP contribution is 2.42. The molecular weight excluding hydrogens is 1260 g/mol. The molecule has 0 saturated carbocycles. The summed E-state index contributed by atoms with van der Waals surface area (Å²) in [7, 11) is -14.7. The first-order chi connectivity index (χ1) is 43.1. The molecule has 488 valence electrons. The monoisotopic (exact) mass is 1330 g/mol. The highest BCUT2D eigenvalue weighted by atomic mass is 32.2. The molecule has 0 saturated heterocycles. The Balaban J connectivity index is 1.18. The summed E-state index contributed by atoms with van der Waals surface area (Å²) in [5, 5.41) is 41.5. The second-order valence-corrected chi connectivity index (χ2v) is 26.1. The van der Waals surface area contributed by atoms with Gasteiger partial charge in [0.1, 0.15) is 57.2 Å². The highest BCUT2D eigenvalue weighted by molar-refractivity contribution is 7.86. The molecule has 0 aromatic heterocycles. The van der Waals surface area contributed by atoms with Crippen molar-refractivity contribution >= 4 is 104 Å². The van der Waals surface area contributed by atoms with Gasteiger partial charge in [-0.3, -0.25) is 13.7 Å². The highest BCUT2D eigenvalue weighted by Gasteiger charge is 2.18. The van der Waals surface area contributed by atoms with Gasteiger partial charge in [-0.25, -0.2) is 4.79 Å². The number of anilines is 2. The van der Waals surface area contributed by atoms with Gasteiger partial charge >= 0.3 is 6.03 Å². The fourth-order valence-corrected chi connectivity index (χ4v) is 10.1. The van der Waals surface area contributed by atoms with Gasteiger partial charge in [0, 0.05) is 35.6 Å². The lowest BCUT2D eigenvalue weighted by Crippen LogP contribution is -2.20. The number of azo groups is 4. The molecular formula is C59H71N11O17S4. The van der Waals surface area contributed by atoms with Crippen molar-refractivity contribution in [1.29, 1.82) is 4.61 Å². The SMILES string of the molecule is CCOc1ccc(N=Nc2cc(OCCCS(=O)(=O)O)c(N=Nc3cc(C)c(NC(=O)Nc4cc(C)c(N=Nc5cc(C)c(N=Nc6ccc(OCC)cc6OCCCS(=O)(=O)O)cc5OCCCS(=O)(=O)O)cc4C)cc3C)cc2C)c(OCCCS(#N)=O)c1. The summed E-state index contributed by atoms with van der Waals surface area (Å²) >= 11 is 0. The van der Waals surface area contributed by atoms with E-state index >= 15 is 0 Å². The Hall–Kier alpha value is -8.75. The van der Waals surface area contributed by atoms with E-state index in [0.29, 0.717) is 110 Å². The number of urea groups is 1. The fraction of sp³-hybridized carbons (Fsp3) is 0.373. The molecule has 2 amide bonds. The number of nitrogens with one attached hydrogen (secondary N) is 2. The molecule has 0 atom stereocenters. The summed E-state index contributed by atoms with van der Waals surface area (Å²) in [6.45, 7) is 14.8. The van der Waals surface area contributed by atoms with Crippen LogP contribution in [0.4, 0.5) is 61.7 Å². The standard InChI is InChI=1S/C59H71N11O17S4/c1-9-82-43-15-17-45(55(33-43)84-19-11-23-88(60)72)63-67-51-35-57(86-21-13-25-90(76,77)78)53(31-41(51)7)69-65-49-29-37(3)47(27-39(49)5)61-59(71)62-48-28-40(6)50(30-38(48)4)66-70-54-32-42(8)52(36-58(54)87-22-14-26-91(79,80)81)68-64-46-18-16-44(83-10-2)34-56(46)85-20-12-24-89(73,74)75/h15-18,27-36H,9-14,19-26H2,1-8H3,(H2,61,62,71)(H,73,74,75)(H,76,77,78)(H,79,80,81). The molecule has 6 aromatic carbocycles. The number of carbonyl (C=O) groups is 1. The third-order valence-electron chi connectivity index (χ3n) is 12.8. The Morgan fingerprint density at radius 2 is 0.714 bits per heavy atom. The topological polar surface area (TPSA) is 399 Å². The molecule has 0 aliphatic carbocycles. The average molecular weight is 1330 g/mol. The molecule has 0 bridgehead atoms. The van der Waals surface area contributed by atoms with E-state index < -0.39 is 64.1 Å². The van der Waals surface area contributed by atoms with Gasteiger partial charge in [0.2, 0.25) is 0 Å². The predicted octanol–water partition coefficient (Wildman–Crippen LogP) is 14.6. The van der Waals surface area contributed by atoms with Crippen LogP contribution in [0.25, 0.3) is 0 Å². The van der Waals surface area contributed by atoms with E-state index in [1.807, 2.05) is 6.92 Å². The molecule has 0 aliphatic rings. The van der Waals surface area contributed by atoms with Crippen LogP contribution in [0.3, 0.4) is 0 Å². The van der Waals surface area contributed by atoms with Crippen LogP contribution in [0, 0.1) is 46.2 Å². The normalized spacial score (nSPS) is 12.1. The van der Waals surface area contributed by atoms with Gasteiger partial charge < -0.3 is 39.1 Å². The number of benzene rings is 6. The molecule has 0 radical (unpaired) electrons. The third-order valence-corrected chi connectivity index (χ3v) is 15.9. The van der Waals surface area contributed by atoms with Crippen LogP contribution in [-0.2, 0) is 40.8 Å². The summed E-state index contributed by atoms with van der Waals surface area (Å²) < 4.78 is 152. The molecule has 5 N–H and O–H groups in total. The third kappa shape index (κ3) is 23.9. The lowest BCUT2D eigenvalue weighted by atomic mass is 10.1. The summed E-state index contributed by atoms with van der Waals surface area (Å²) in [4.78, 5) is 13.6. The maximum atomic E-state index is 13.6. The summed E-state index contributed by atoms with van der Waals surface area (Å²) in [6, 6.07) is 22.6. The van der Waals surface area contributed by atoms with Crippen molar-refractivity contribution < 1.29 is 76.3 Å². The second-order valence-electron chi connectivity index (χ2n) is 20.3. The van der Waals surface area contributed by atoms with Crippen LogP contribution in [0.5, 0.6) is 34.5 Å². The quantitative estimate of drug-likeness (QED) is 0.0145. The van der Waals surface area contributed by atoms with Crippen molar-refractivity contribution in [3.8, 4) is 34.5 Å². The Kier molecular flexibility index (Phi) is 26.1. The Labute approximate surface area is 529 Å². The second kappa shape index (κ2) is 33.4. The molecule has 0 heterocycles. The van der Waals surface area contributed by atoms with Crippen molar-refractivity contribution in [1.82, 2.24) is 0 Å². The van der Waals surface area contributed by atoms with Crippen molar-refractivity contribution in [2.24, 2.45) is 40.9 Å². The molecule has 32 heteroatoms. The predicted molar refractivity (Wildman–Crippen MR) is 343 cm³/mol. The van der Waals surface area contributed by atoms with E-state index in [1.165, 1.54) is 6.07 Å². The number of amides is 2. The number of carbonyl (C=O) groups excluding carboxylic acids is 1. The summed E-state index contributed by atoms with van der Waals surface area (Å²) in [5.41, 5.74) is 7.41. The first-order valence-corrected chi connectivity index (χ1v) is 34.4. The molecule has 0 aliphatic heterocycles. The summed E-state index contributed by atoms with van der Waals surface area (Å²) in [5.74, 6) is 0.316. The van der Waals surface area contributed by atoms with Crippen LogP contribution in [-0.4, -0.2) is 112 Å². The number of hydrogen-bond donors (Lipinski definition) is 5. The average Bonchev–Trinajstić information content (AvgIpc) is 3.20. The van der Waals surface area contributed by atoms with Crippen molar-refractivity contribution in [2.45, 2.75) is 81.1 Å². The number of hydrogen-bond acceptors (Lipinski definition) is 23. The van der Waals surface area contributed by atoms with Gasteiger partial charge in [0.05, 0.1) is 85.4 Å². The van der Waals surface area contributed by atoms with E-state index in [-0.39, 0.29) is 85.8 Å². The zero-order chi connectivity index (χ0) is 66.5. The van der Waals surface area contributed by atoms with Crippen LogP contribution >= 0.6 is 0 Å². The van der Waals surface area contributed by atoms with Crippen molar-refractivity contribution in [2.75, 3.05) is 73.3 Å². The largest absolute Gasteiger partial charge is 0.494 e. The Bertz CT molecular complexity index is 4220. The van der Waals surface area contributed by atoms with Crippen LogP contribution < -0.4 is 39.1 Å². The number of ether oxygens (including phenoxy) is 6. The van der Waals surface area contributed by atoms with Crippen molar-refractivity contribution in [3.63, 3.8) is 0 Å². The fourth-order valence-electron chi connectivity index (χ4n) is 8.25. The zero-order valence-electron chi connectivity index (χ0n) is 51.2. The molecule has 0 unspecified atom stereocenters. The molecule has 0 spiro atoms. The number of nitrogens with zero attached hydrogens (tertiary/aromatic N) is 9. The van der Waals surface area contributed by atoms with Gasteiger partial charge in [0.15, 0.2) is 10.4 Å². The molecule has 6 rings (SSSR count). The number of rotatable bonds is 33. The Morgan fingerprint density at radius 1 is 0.418 bits per heavy atom. The summed E-state index contributed by atoms with van der Waals surface area (Å²) in [6.07, 6.45) is 0.200. The van der Waals surface area contributed by atoms with Crippen LogP contribution in [0.15, 0.2) is 126 Å². The lowest BCUT2D eigenvalue weighted by molar-refractivity contribution is 0.262.